The van der Waals surface area contributed by atoms with Gasteiger partial charge in [-0.1, -0.05) is 146 Å². The third kappa shape index (κ3) is 13.2. The van der Waals surface area contributed by atoms with Gasteiger partial charge in [-0.2, -0.15) is 0 Å². The molecule has 510 valence electrons. The lowest BCUT2D eigenvalue weighted by Crippen LogP contribution is -2.80. The summed E-state index contributed by atoms with van der Waals surface area (Å²) in [4.78, 5) is 130. The number of Topliss-reactive ketones (excluding diaryl/α,β-unsaturated/α-hetero) is 1. The van der Waals surface area contributed by atoms with E-state index in [0.29, 0.717) is 0 Å². The number of ether oxygens (including phenoxy) is 9. The van der Waals surface area contributed by atoms with Crippen molar-refractivity contribution in [1.82, 2.24) is 16.0 Å². The molecule has 1 aliphatic heterocycles. The van der Waals surface area contributed by atoms with Crippen molar-refractivity contribution in [3.63, 3.8) is 0 Å². The molecule has 23 nitrogen and oxygen atoms in total. The van der Waals surface area contributed by atoms with Gasteiger partial charge in [0.05, 0.1) is 29.6 Å². The fourth-order valence-electron chi connectivity index (χ4n) is 14.9. The Kier molecular flexibility index (Phi) is 18.9. The number of carbonyl (C=O) groups excluding carboxylic acids is 9. The number of fused-ring (bicyclic) bond motifs is 11. The Balaban J connectivity index is 0.878. The summed E-state index contributed by atoms with van der Waals surface area (Å²) in [5.74, 6) is -9.18. The minimum atomic E-state index is -2.56. The highest BCUT2D eigenvalue weighted by Gasteiger charge is 2.76. The Morgan fingerprint density at radius 1 is 0.653 bits per heavy atom. The van der Waals surface area contributed by atoms with Gasteiger partial charge >= 0.3 is 48.1 Å². The fraction of sp³-hybridized carbons (Fsp3) is 0.373. The van der Waals surface area contributed by atoms with Crippen LogP contribution in [-0.4, -0.2) is 150 Å². The Morgan fingerprint density at radius 3 is 1.65 bits per heavy atom. The Morgan fingerprint density at radius 2 is 1.15 bits per heavy atom. The first kappa shape index (κ1) is 67.7. The highest BCUT2D eigenvalue weighted by atomic mass is 16.6. The van der Waals surface area contributed by atoms with E-state index in [2.05, 4.69) is 16.0 Å². The SMILES string of the molecule is CC(=O)O[C@@]12COC1C[C@H](O)C1(C)C(=O)[C@H](OC(=O)CNC(=O)OCC3c4ccccc4-c4ccccc43)C3=C(C)[C@@H](OC(=O)[C@H](OC(=O)CNC(=O)OCC4c5ccccc5-c5ccccc54)[C@@H](NC(=O)OC(C)(C)C)c4ccccc4)C[C@](O)(C3)C(OC(=O)c3ccccc3)C12. The van der Waals surface area contributed by atoms with Gasteiger partial charge in [-0.25, -0.2) is 24.0 Å². The number of rotatable bonds is 18. The lowest BCUT2D eigenvalue weighted by atomic mass is 9.48. The molecule has 0 radical (unpaired) electrons. The number of nitrogens with one attached hydrogen (secondary N) is 3. The number of amides is 3. The zero-order chi connectivity index (χ0) is 69.4. The van der Waals surface area contributed by atoms with Crippen molar-refractivity contribution in [2.75, 3.05) is 32.9 Å². The van der Waals surface area contributed by atoms with Gasteiger partial charge in [-0.3, -0.25) is 19.2 Å². The molecule has 2 saturated carbocycles. The number of ketones is 1. The van der Waals surface area contributed by atoms with Crippen molar-refractivity contribution in [2.45, 2.75) is 132 Å². The van der Waals surface area contributed by atoms with E-state index in [1.54, 1.807) is 57.2 Å². The summed E-state index contributed by atoms with van der Waals surface area (Å²) in [5, 5.41) is 33.8. The molecular formula is C75H75N3O20. The highest BCUT2D eigenvalue weighted by Crippen LogP contribution is 2.61. The summed E-state index contributed by atoms with van der Waals surface area (Å²) in [5.41, 5.74) is -0.267. The molecule has 23 heteroatoms. The normalized spacial score (nSPS) is 24.8. The molecule has 12 rings (SSSR count). The topological polar surface area (TPSA) is 313 Å². The number of hydrogen-bond donors (Lipinski definition) is 5. The van der Waals surface area contributed by atoms with Crippen LogP contribution in [0.25, 0.3) is 22.3 Å². The minimum Gasteiger partial charge on any atom is -0.455 e. The second-order valence-electron chi connectivity index (χ2n) is 26.7. The summed E-state index contributed by atoms with van der Waals surface area (Å²) in [6.45, 7) is 6.19. The van der Waals surface area contributed by atoms with Crippen molar-refractivity contribution in [2.24, 2.45) is 11.3 Å². The maximum atomic E-state index is 16.2. The summed E-state index contributed by atoms with van der Waals surface area (Å²) in [7, 11) is 0. The van der Waals surface area contributed by atoms with Crippen molar-refractivity contribution >= 4 is 53.9 Å². The van der Waals surface area contributed by atoms with Crippen LogP contribution in [0.4, 0.5) is 14.4 Å². The van der Waals surface area contributed by atoms with E-state index >= 15 is 9.59 Å². The van der Waals surface area contributed by atoms with Crippen LogP contribution in [0, 0.1) is 11.3 Å². The second kappa shape index (κ2) is 27.4. The molecule has 1 heterocycles. The van der Waals surface area contributed by atoms with E-state index in [0.717, 1.165) is 51.4 Å². The van der Waals surface area contributed by atoms with Crippen LogP contribution >= 0.6 is 0 Å². The van der Waals surface area contributed by atoms with E-state index in [1.807, 2.05) is 97.1 Å². The first-order valence-corrected chi connectivity index (χ1v) is 32.4. The second-order valence-corrected chi connectivity index (χ2v) is 26.7. The van der Waals surface area contributed by atoms with Crippen LogP contribution < -0.4 is 16.0 Å². The van der Waals surface area contributed by atoms with Crippen molar-refractivity contribution in [3.8, 4) is 22.3 Å². The zero-order valence-electron chi connectivity index (χ0n) is 54.7. The number of aliphatic hydroxyl groups is 2. The average molecular weight is 1340 g/mol. The van der Waals surface area contributed by atoms with Crippen LogP contribution in [0.3, 0.4) is 0 Å². The summed E-state index contributed by atoms with van der Waals surface area (Å²) < 4.78 is 54.2. The van der Waals surface area contributed by atoms with Gasteiger partial charge < -0.3 is 68.8 Å². The van der Waals surface area contributed by atoms with Crippen LogP contribution in [0.15, 0.2) is 169 Å². The van der Waals surface area contributed by atoms with Gasteiger partial charge in [0.15, 0.2) is 17.5 Å². The van der Waals surface area contributed by atoms with Gasteiger partial charge in [-0.15, -0.1) is 0 Å². The molecule has 4 unspecified atom stereocenters. The van der Waals surface area contributed by atoms with Crippen molar-refractivity contribution < 1.29 is 96.0 Å². The maximum absolute atomic E-state index is 16.2. The number of alkyl carbamates (subject to hydrolysis) is 3. The van der Waals surface area contributed by atoms with Gasteiger partial charge in [0.25, 0.3) is 0 Å². The van der Waals surface area contributed by atoms with Crippen molar-refractivity contribution in [1.29, 1.82) is 0 Å². The molecule has 0 aromatic heterocycles. The van der Waals surface area contributed by atoms with Gasteiger partial charge in [0, 0.05) is 38.0 Å². The number of hydrogen-bond acceptors (Lipinski definition) is 20. The van der Waals surface area contributed by atoms with Crippen molar-refractivity contribution in [3.05, 3.63) is 202 Å². The molecule has 5 aliphatic carbocycles. The number of esters is 5. The van der Waals surface area contributed by atoms with Crippen LogP contribution in [-0.2, 0) is 66.6 Å². The molecule has 1 saturated heterocycles. The molecular weight excluding hydrogens is 1260 g/mol. The molecule has 5 N–H and O–H groups in total. The minimum absolute atomic E-state index is 0.0166. The smallest absolute Gasteiger partial charge is 0.408 e. The van der Waals surface area contributed by atoms with Gasteiger partial charge in [0.2, 0.25) is 6.10 Å². The summed E-state index contributed by atoms with van der Waals surface area (Å²) in [6, 6.07) is 44.6. The Hall–Kier alpha value is -10.2. The standard InChI is InChI=1S/C75H75N3O20/c1-41-53-34-74(89,35-56(41)93-68(85)63(61(43-21-9-7-10-22-43)78-71(88)98-72(3,4)5)95-60(82)37-77-70(87)91-39-55-51-31-19-15-27-47(51)48-28-16-20-32-52(48)55)66(96-67(84)44-23-11-8-12-24-44)64-73(6,57(80)33-58-75(64,40-92-58)97-42(2)79)65(83)62(53)94-59(81)36-76-69(86)90-38-54-49-29-17-13-25-45(49)46-26-14-18-30-50(46)54/h7-32,54-58,61-64,66,80,89H,33-40H2,1-6H3,(H,76,86)(H,77,87)(H,78,88)/t56-,57-,58?,61-,62+,63+,64?,66?,73?,74+,75-/m0/s1. The molecule has 98 heavy (non-hydrogen) atoms. The third-order valence-electron chi connectivity index (χ3n) is 19.5. The van der Waals surface area contributed by atoms with E-state index in [1.165, 1.54) is 38.1 Å². The van der Waals surface area contributed by atoms with Crippen LogP contribution in [0.5, 0.6) is 0 Å². The molecule has 3 amide bonds. The lowest BCUT2D eigenvalue weighted by molar-refractivity contribution is -0.340. The van der Waals surface area contributed by atoms with Crippen LogP contribution in [0.1, 0.15) is 117 Å². The highest BCUT2D eigenvalue weighted by molar-refractivity contribution is 5.96. The molecule has 11 atom stereocenters. The van der Waals surface area contributed by atoms with E-state index in [-0.39, 0.29) is 53.7 Å². The van der Waals surface area contributed by atoms with E-state index in [4.69, 9.17) is 42.6 Å². The molecule has 6 aliphatic rings. The Bertz CT molecular complexity index is 4060. The summed E-state index contributed by atoms with van der Waals surface area (Å²) >= 11 is 0. The quantitative estimate of drug-likeness (QED) is 0.0305. The predicted octanol–water partition coefficient (Wildman–Crippen LogP) is 8.80. The van der Waals surface area contributed by atoms with Crippen LogP contribution in [0.2, 0.25) is 0 Å². The molecule has 0 spiro atoms. The van der Waals surface area contributed by atoms with Gasteiger partial charge in [0.1, 0.15) is 61.9 Å². The monoisotopic (exact) mass is 1340 g/mol. The maximum Gasteiger partial charge on any atom is 0.408 e. The summed E-state index contributed by atoms with van der Waals surface area (Å²) in [6.07, 6.45) is -15.8. The zero-order valence-corrected chi connectivity index (χ0v) is 54.7. The first-order chi connectivity index (χ1) is 46.9. The molecule has 2 bridgehead atoms. The number of carbonyl (C=O) groups is 9. The largest absolute Gasteiger partial charge is 0.455 e. The molecule has 3 fully saturated rings. The third-order valence-corrected chi connectivity index (χ3v) is 19.5. The molecule has 6 aromatic rings. The first-order valence-electron chi connectivity index (χ1n) is 32.4. The fourth-order valence-corrected chi connectivity index (χ4v) is 14.9. The number of benzene rings is 6. The molecule has 6 aromatic carbocycles. The number of aliphatic hydroxyl groups excluding tert-OH is 1. The average Bonchev–Trinajstić information content (AvgIpc) is 0.838. The van der Waals surface area contributed by atoms with E-state index in [9.17, 15) is 43.8 Å². The lowest BCUT2D eigenvalue weighted by Gasteiger charge is -2.65. The Labute approximate surface area is 564 Å². The van der Waals surface area contributed by atoms with E-state index < -0.39 is 157 Å². The van der Waals surface area contributed by atoms with Gasteiger partial charge in [-0.05, 0) is 108 Å². The predicted molar refractivity (Wildman–Crippen MR) is 348 cm³/mol.